The van der Waals surface area contributed by atoms with Crippen molar-refractivity contribution in [1.82, 2.24) is 9.97 Å². The van der Waals surface area contributed by atoms with Crippen molar-refractivity contribution in [2.24, 2.45) is 0 Å². The first-order chi connectivity index (χ1) is 17.3. The number of aromatic amines is 2. The van der Waals surface area contributed by atoms with Crippen molar-refractivity contribution in [2.45, 2.75) is 27.7 Å². The summed E-state index contributed by atoms with van der Waals surface area (Å²) in [4.78, 5) is 33.3. The van der Waals surface area contributed by atoms with Gasteiger partial charge in [-0.3, -0.25) is 0 Å². The molecule has 0 aliphatic carbocycles. The van der Waals surface area contributed by atoms with Crippen LogP contribution in [0, 0.1) is 13.8 Å². The van der Waals surface area contributed by atoms with Crippen LogP contribution in [-0.4, -0.2) is 35.1 Å². The highest BCUT2D eigenvalue weighted by atomic mass is 79.9. The molecule has 0 aliphatic heterocycles. The molecule has 4 rings (SSSR count). The van der Waals surface area contributed by atoms with Gasteiger partial charge in [0.1, 0.15) is 0 Å². The monoisotopic (exact) mass is 612 g/mol. The molecule has 6 nitrogen and oxygen atoms in total. The van der Waals surface area contributed by atoms with Crippen LogP contribution >= 0.6 is 31.9 Å². The maximum Gasteiger partial charge on any atom is 0.340 e. The van der Waals surface area contributed by atoms with E-state index in [1.807, 2.05) is 62.4 Å². The molecule has 0 radical (unpaired) electrons. The Hall–Kier alpha value is -3.10. The van der Waals surface area contributed by atoms with Crippen LogP contribution in [0.1, 0.15) is 46.0 Å². The normalized spacial score (nSPS) is 10.9. The minimum Gasteiger partial charge on any atom is -0.462 e. The van der Waals surface area contributed by atoms with Crippen molar-refractivity contribution in [1.29, 1.82) is 0 Å². The number of H-pyrrole nitrogens is 2. The standard InChI is InChI=1S/C28H26Br2N2O4/c1-5-35-27(33)21-15(3)31-25(17-7-11-19(29)12-8-17)23(21)24-22(28(34)36-6-2)16(4)32-26(24)18-9-13-20(30)14-10-18/h7-14,31-32H,5-6H2,1-4H3. The Morgan fingerprint density at radius 3 is 1.31 bits per heavy atom. The quantitative estimate of drug-likeness (QED) is 0.208. The number of benzene rings is 2. The van der Waals surface area contributed by atoms with Crippen molar-refractivity contribution >= 4 is 43.8 Å². The van der Waals surface area contributed by atoms with Crippen molar-refractivity contribution in [3.63, 3.8) is 0 Å². The summed E-state index contributed by atoms with van der Waals surface area (Å²) in [6.07, 6.45) is 0. The summed E-state index contributed by atoms with van der Waals surface area (Å²) in [6, 6.07) is 15.6. The summed E-state index contributed by atoms with van der Waals surface area (Å²) >= 11 is 6.98. The van der Waals surface area contributed by atoms with Gasteiger partial charge >= 0.3 is 11.9 Å². The number of carbonyl (C=O) groups is 2. The fourth-order valence-electron chi connectivity index (χ4n) is 4.33. The van der Waals surface area contributed by atoms with Crippen molar-refractivity contribution in [3.8, 4) is 33.6 Å². The van der Waals surface area contributed by atoms with Crippen LogP contribution in [0.3, 0.4) is 0 Å². The largest absolute Gasteiger partial charge is 0.462 e. The Balaban J connectivity index is 2.12. The number of hydrogen-bond acceptors (Lipinski definition) is 4. The zero-order valence-corrected chi connectivity index (χ0v) is 23.6. The molecule has 186 valence electrons. The Morgan fingerprint density at radius 1 is 0.667 bits per heavy atom. The third kappa shape index (κ3) is 4.92. The molecule has 0 saturated heterocycles. The van der Waals surface area contributed by atoms with Crippen molar-refractivity contribution in [2.75, 3.05) is 13.2 Å². The third-order valence-corrected chi connectivity index (χ3v) is 6.91. The molecule has 0 aliphatic rings. The lowest BCUT2D eigenvalue weighted by Gasteiger charge is -2.13. The number of ether oxygens (including phenoxy) is 2. The fraction of sp³-hybridized carbons (Fsp3) is 0.214. The van der Waals surface area contributed by atoms with Crippen LogP contribution in [0.5, 0.6) is 0 Å². The zero-order chi connectivity index (χ0) is 26.0. The second kappa shape index (κ2) is 10.9. The van der Waals surface area contributed by atoms with Crippen LogP contribution in [-0.2, 0) is 9.47 Å². The maximum absolute atomic E-state index is 13.3. The molecule has 2 aromatic carbocycles. The summed E-state index contributed by atoms with van der Waals surface area (Å²) < 4.78 is 12.8. The lowest BCUT2D eigenvalue weighted by molar-refractivity contribution is 0.0514. The molecule has 0 saturated carbocycles. The van der Waals surface area contributed by atoms with E-state index >= 15 is 0 Å². The van der Waals surface area contributed by atoms with Gasteiger partial charge in [-0.15, -0.1) is 0 Å². The molecule has 0 fully saturated rings. The van der Waals surface area contributed by atoms with Gasteiger partial charge in [0.05, 0.1) is 35.7 Å². The zero-order valence-electron chi connectivity index (χ0n) is 20.4. The van der Waals surface area contributed by atoms with Crippen molar-refractivity contribution in [3.05, 3.63) is 80.0 Å². The predicted octanol–water partition coefficient (Wildman–Crippen LogP) is 7.84. The average molecular weight is 614 g/mol. The van der Waals surface area contributed by atoms with E-state index in [0.717, 1.165) is 20.1 Å². The van der Waals surface area contributed by atoms with Crippen LogP contribution < -0.4 is 0 Å². The molecule has 8 heteroatoms. The number of carbonyl (C=O) groups excluding carboxylic acids is 2. The van der Waals surface area contributed by atoms with Gasteiger partial charge in [0, 0.05) is 31.5 Å². The van der Waals surface area contributed by atoms with E-state index in [1.54, 1.807) is 13.8 Å². The highest BCUT2D eigenvalue weighted by molar-refractivity contribution is 9.10. The molecular weight excluding hydrogens is 588 g/mol. The summed E-state index contributed by atoms with van der Waals surface area (Å²) in [5.41, 5.74) is 6.42. The van der Waals surface area contributed by atoms with Gasteiger partial charge in [-0.1, -0.05) is 56.1 Å². The van der Waals surface area contributed by atoms with E-state index in [2.05, 4.69) is 41.8 Å². The van der Waals surface area contributed by atoms with Crippen LogP contribution in [0.25, 0.3) is 33.6 Å². The van der Waals surface area contributed by atoms with Crippen LogP contribution in [0.15, 0.2) is 57.5 Å². The minimum atomic E-state index is -0.458. The van der Waals surface area contributed by atoms with E-state index in [9.17, 15) is 9.59 Å². The summed E-state index contributed by atoms with van der Waals surface area (Å²) in [5.74, 6) is -0.917. The fourth-order valence-corrected chi connectivity index (χ4v) is 4.86. The Kier molecular flexibility index (Phi) is 7.85. The Labute approximate surface area is 226 Å². The van der Waals surface area contributed by atoms with Crippen molar-refractivity contribution < 1.29 is 19.1 Å². The summed E-state index contributed by atoms with van der Waals surface area (Å²) in [6.45, 7) is 7.67. The number of aromatic nitrogens is 2. The maximum atomic E-state index is 13.3. The van der Waals surface area contributed by atoms with E-state index in [4.69, 9.17) is 9.47 Å². The first-order valence-corrected chi connectivity index (χ1v) is 13.2. The molecular formula is C28H26Br2N2O4. The van der Waals surface area contributed by atoms with Gasteiger partial charge in [0.25, 0.3) is 0 Å². The average Bonchev–Trinajstić information content (AvgIpc) is 3.36. The number of hydrogen-bond donors (Lipinski definition) is 2. The Bertz CT molecular complexity index is 1310. The minimum absolute atomic E-state index is 0.229. The van der Waals surface area contributed by atoms with Gasteiger partial charge in [0.2, 0.25) is 0 Å². The van der Waals surface area contributed by atoms with Gasteiger partial charge < -0.3 is 19.4 Å². The molecule has 0 spiro atoms. The highest BCUT2D eigenvalue weighted by Crippen LogP contribution is 2.45. The first-order valence-electron chi connectivity index (χ1n) is 11.6. The lowest BCUT2D eigenvalue weighted by atomic mass is 9.91. The van der Waals surface area contributed by atoms with E-state index < -0.39 is 11.9 Å². The predicted molar refractivity (Wildman–Crippen MR) is 148 cm³/mol. The lowest BCUT2D eigenvalue weighted by Crippen LogP contribution is -2.10. The number of aryl methyl sites for hydroxylation is 2. The molecule has 2 N–H and O–H groups in total. The first kappa shape index (κ1) is 26.0. The second-order valence-electron chi connectivity index (χ2n) is 8.20. The van der Waals surface area contributed by atoms with E-state index in [-0.39, 0.29) is 13.2 Å². The molecule has 0 unspecified atom stereocenters. The van der Waals surface area contributed by atoms with Crippen LogP contribution in [0.2, 0.25) is 0 Å². The smallest absolute Gasteiger partial charge is 0.340 e. The highest BCUT2D eigenvalue weighted by Gasteiger charge is 2.32. The van der Waals surface area contributed by atoms with Gasteiger partial charge in [0.15, 0.2) is 0 Å². The summed E-state index contributed by atoms with van der Waals surface area (Å²) in [5, 5.41) is 0. The number of halogens is 2. The van der Waals surface area contributed by atoms with Gasteiger partial charge in [-0.25, -0.2) is 9.59 Å². The molecule has 4 aromatic rings. The number of nitrogens with one attached hydrogen (secondary N) is 2. The number of rotatable bonds is 7. The topological polar surface area (TPSA) is 84.2 Å². The molecule has 2 aromatic heterocycles. The van der Waals surface area contributed by atoms with E-state index in [1.165, 1.54) is 0 Å². The third-order valence-electron chi connectivity index (χ3n) is 5.85. The van der Waals surface area contributed by atoms with Gasteiger partial charge in [-0.05, 0) is 63.1 Å². The molecule has 2 heterocycles. The number of esters is 2. The van der Waals surface area contributed by atoms with Crippen LogP contribution in [0.4, 0.5) is 0 Å². The molecule has 0 amide bonds. The molecule has 0 bridgehead atoms. The second-order valence-corrected chi connectivity index (χ2v) is 10.0. The SMILES string of the molecule is CCOC(=O)c1c(C)[nH]c(-c2ccc(Br)cc2)c1-c1c(-c2ccc(Br)cc2)[nH]c(C)c1C(=O)OCC. The van der Waals surface area contributed by atoms with Gasteiger partial charge in [-0.2, -0.15) is 0 Å². The summed E-state index contributed by atoms with van der Waals surface area (Å²) in [7, 11) is 0. The van der Waals surface area contributed by atoms with E-state index in [0.29, 0.717) is 45.0 Å². The Morgan fingerprint density at radius 2 is 1.00 bits per heavy atom. The molecule has 36 heavy (non-hydrogen) atoms. The molecule has 0 atom stereocenters.